The van der Waals surface area contributed by atoms with Crippen LogP contribution in [0.5, 0.6) is 0 Å². The Hall–Kier alpha value is -1.35. The molecule has 1 fully saturated rings. The fourth-order valence-corrected chi connectivity index (χ4v) is 2.35. The highest BCUT2D eigenvalue weighted by Crippen LogP contribution is 2.48. The molecule has 1 aromatic rings. The molecule has 1 aromatic carbocycles. The Morgan fingerprint density at radius 2 is 2.12 bits per heavy atom. The zero-order valence-corrected chi connectivity index (χ0v) is 10.3. The highest BCUT2D eigenvalue weighted by molar-refractivity contribution is 5.83. The van der Waals surface area contributed by atoms with Crippen molar-refractivity contribution in [2.75, 3.05) is 19.6 Å². The first-order valence-corrected chi connectivity index (χ1v) is 6.31. The molecule has 0 saturated heterocycles. The lowest BCUT2D eigenvalue weighted by Crippen LogP contribution is -2.36. The summed E-state index contributed by atoms with van der Waals surface area (Å²) in [5.74, 6) is 0.881. The summed E-state index contributed by atoms with van der Waals surface area (Å²) in [7, 11) is 0. The van der Waals surface area contributed by atoms with Gasteiger partial charge in [0.05, 0.1) is 0 Å². The van der Waals surface area contributed by atoms with Crippen molar-refractivity contribution in [1.29, 1.82) is 0 Å². The first-order valence-electron chi connectivity index (χ1n) is 6.31. The molecular formula is C14H20N2O. The largest absolute Gasteiger partial charge is 0.341 e. The molecule has 0 heterocycles. The van der Waals surface area contributed by atoms with E-state index in [1.54, 1.807) is 0 Å². The number of carbonyl (C=O) groups excluding carboxylic acids is 1. The zero-order chi connectivity index (χ0) is 12.3. The van der Waals surface area contributed by atoms with Gasteiger partial charge in [0, 0.05) is 25.6 Å². The van der Waals surface area contributed by atoms with Gasteiger partial charge < -0.3 is 10.6 Å². The highest BCUT2D eigenvalue weighted by Gasteiger charge is 2.45. The van der Waals surface area contributed by atoms with Gasteiger partial charge in [-0.1, -0.05) is 30.3 Å². The van der Waals surface area contributed by atoms with Gasteiger partial charge in [0.25, 0.3) is 0 Å². The van der Waals surface area contributed by atoms with Gasteiger partial charge >= 0.3 is 0 Å². The van der Waals surface area contributed by atoms with Crippen LogP contribution in [0.1, 0.15) is 24.8 Å². The van der Waals surface area contributed by atoms with Crippen molar-refractivity contribution in [2.24, 2.45) is 11.7 Å². The Kier molecular flexibility index (Phi) is 3.79. The smallest absolute Gasteiger partial charge is 0.226 e. The van der Waals surface area contributed by atoms with Crippen LogP contribution >= 0.6 is 0 Å². The summed E-state index contributed by atoms with van der Waals surface area (Å²) < 4.78 is 0. The van der Waals surface area contributed by atoms with Crippen LogP contribution in [0.25, 0.3) is 0 Å². The lowest BCUT2D eigenvalue weighted by atomic mass is 10.1. The molecule has 1 amide bonds. The molecule has 3 nitrogen and oxygen atoms in total. The second-order valence-electron chi connectivity index (χ2n) is 4.57. The lowest BCUT2D eigenvalue weighted by molar-refractivity contribution is -0.132. The molecule has 1 saturated carbocycles. The minimum Gasteiger partial charge on any atom is -0.341 e. The first kappa shape index (κ1) is 12.1. The van der Waals surface area contributed by atoms with E-state index >= 15 is 0 Å². The van der Waals surface area contributed by atoms with Crippen molar-refractivity contribution in [3.8, 4) is 0 Å². The van der Waals surface area contributed by atoms with Crippen LogP contribution in [0, 0.1) is 5.92 Å². The normalized spacial score (nSPS) is 22.2. The molecule has 92 valence electrons. The second kappa shape index (κ2) is 5.32. The number of likely N-dealkylation sites (N-methyl/N-ethyl adjacent to an activating group) is 1. The maximum absolute atomic E-state index is 12.2. The summed E-state index contributed by atoms with van der Waals surface area (Å²) in [5.41, 5.74) is 6.80. The average molecular weight is 232 g/mol. The summed E-state index contributed by atoms with van der Waals surface area (Å²) in [4.78, 5) is 14.0. The first-order chi connectivity index (χ1) is 8.27. The van der Waals surface area contributed by atoms with E-state index < -0.39 is 0 Å². The Morgan fingerprint density at radius 1 is 1.41 bits per heavy atom. The molecule has 0 spiro atoms. The molecule has 0 aliphatic heterocycles. The third-order valence-corrected chi connectivity index (χ3v) is 3.43. The molecule has 1 aliphatic rings. The molecule has 0 radical (unpaired) electrons. The van der Waals surface area contributed by atoms with Crippen LogP contribution in [-0.2, 0) is 4.79 Å². The maximum atomic E-state index is 12.2. The Morgan fingerprint density at radius 3 is 2.71 bits per heavy atom. The number of amides is 1. The van der Waals surface area contributed by atoms with Crippen LogP contribution in [-0.4, -0.2) is 30.4 Å². The topological polar surface area (TPSA) is 46.3 Å². The molecule has 2 rings (SSSR count). The van der Waals surface area contributed by atoms with Gasteiger partial charge in [0.2, 0.25) is 5.91 Å². The highest BCUT2D eigenvalue weighted by atomic mass is 16.2. The lowest BCUT2D eigenvalue weighted by Gasteiger charge is -2.20. The number of nitrogens with zero attached hydrogens (tertiary/aromatic N) is 1. The van der Waals surface area contributed by atoms with E-state index in [2.05, 4.69) is 12.1 Å². The van der Waals surface area contributed by atoms with Crippen molar-refractivity contribution >= 4 is 5.91 Å². The van der Waals surface area contributed by atoms with Crippen LogP contribution in [0.4, 0.5) is 0 Å². The SMILES string of the molecule is CCN(CCN)C(=O)C1CC1c1ccccc1. The van der Waals surface area contributed by atoms with E-state index in [9.17, 15) is 4.79 Å². The van der Waals surface area contributed by atoms with E-state index in [0.29, 0.717) is 19.0 Å². The predicted molar refractivity (Wildman–Crippen MR) is 68.6 cm³/mol. The maximum Gasteiger partial charge on any atom is 0.226 e. The van der Waals surface area contributed by atoms with E-state index in [4.69, 9.17) is 5.73 Å². The number of benzene rings is 1. The molecule has 1 aliphatic carbocycles. The Bertz CT molecular complexity index is 377. The van der Waals surface area contributed by atoms with Crippen LogP contribution in [0.2, 0.25) is 0 Å². The number of rotatable bonds is 5. The summed E-state index contributed by atoms with van der Waals surface area (Å²) in [6.07, 6.45) is 0.990. The van der Waals surface area contributed by atoms with Gasteiger partial charge in [0.1, 0.15) is 0 Å². The standard InChI is InChI=1S/C14H20N2O/c1-2-16(9-8-15)14(17)13-10-12(13)11-6-4-3-5-7-11/h3-7,12-13H,2,8-10,15H2,1H3. The molecule has 2 atom stereocenters. The van der Waals surface area contributed by atoms with Crippen molar-refractivity contribution < 1.29 is 4.79 Å². The fourth-order valence-electron chi connectivity index (χ4n) is 2.35. The van der Waals surface area contributed by atoms with Gasteiger partial charge in [0.15, 0.2) is 0 Å². The van der Waals surface area contributed by atoms with Crippen molar-refractivity contribution in [3.63, 3.8) is 0 Å². The molecule has 2 unspecified atom stereocenters. The van der Waals surface area contributed by atoms with E-state index in [-0.39, 0.29) is 11.8 Å². The summed E-state index contributed by atoms with van der Waals surface area (Å²) in [6.45, 7) is 3.98. The Balaban J connectivity index is 1.96. The van der Waals surface area contributed by atoms with Gasteiger partial charge in [-0.15, -0.1) is 0 Å². The second-order valence-corrected chi connectivity index (χ2v) is 4.57. The fraction of sp³-hybridized carbons (Fsp3) is 0.500. The molecule has 0 bridgehead atoms. The van der Waals surface area contributed by atoms with Crippen LogP contribution in [0.15, 0.2) is 30.3 Å². The van der Waals surface area contributed by atoms with Crippen LogP contribution < -0.4 is 5.73 Å². The van der Waals surface area contributed by atoms with Gasteiger partial charge in [-0.05, 0) is 24.8 Å². The van der Waals surface area contributed by atoms with Crippen molar-refractivity contribution in [2.45, 2.75) is 19.3 Å². The molecular weight excluding hydrogens is 212 g/mol. The zero-order valence-electron chi connectivity index (χ0n) is 10.3. The van der Waals surface area contributed by atoms with Crippen LogP contribution in [0.3, 0.4) is 0 Å². The van der Waals surface area contributed by atoms with E-state index in [0.717, 1.165) is 13.0 Å². The number of hydrogen-bond donors (Lipinski definition) is 1. The average Bonchev–Trinajstić information content (AvgIpc) is 3.16. The van der Waals surface area contributed by atoms with Gasteiger partial charge in [-0.3, -0.25) is 4.79 Å². The number of carbonyl (C=O) groups is 1. The molecule has 3 heteroatoms. The third-order valence-electron chi connectivity index (χ3n) is 3.43. The molecule has 0 aromatic heterocycles. The number of nitrogens with two attached hydrogens (primary N) is 1. The van der Waals surface area contributed by atoms with E-state index in [1.807, 2.05) is 30.0 Å². The minimum atomic E-state index is 0.184. The summed E-state index contributed by atoms with van der Waals surface area (Å²) in [5, 5.41) is 0. The Labute approximate surface area is 103 Å². The van der Waals surface area contributed by atoms with Crippen molar-refractivity contribution in [3.05, 3.63) is 35.9 Å². The third kappa shape index (κ3) is 2.67. The summed E-state index contributed by atoms with van der Waals surface area (Å²) >= 11 is 0. The van der Waals surface area contributed by atoms with Crippen molar-refractivity contribution in [1.82, 2.24) is 4.90 Å². The minimum absolute atomic E-state index is 0.184. The molecule has 17 heavy (non-hydrogen) atoms. The summed E-state index contributed by atoms with van der Waals surface area (Å²) in [6, 6.07) is 10.3. The van der Waals surface area contributed by atoms with Gasteiger partial charge in [-0.2, -0.15) is 0 Å². The van der Waals surface area contributed by atoms with E-state index in [1.165, 1.54) is 5.56 Å². The monoisotopic (exact) mass is 232 g/mol. The number of hydrogen-bond acceptors (Lipinski definition) is 2. The van der Waals surface area contributed by atoms with Gasteiger partial charge in [-0.25, -0.2) is 0 Å². The quantitative estimate of drug-likeness (QED) is 0.838. The predicted octanol–water partition coefficient (Wildman–Crippen LogP) is 1.60. The molecule has 2 N–H and O–H groups in total.